The number of sulfonamides is 1. The lowest BCUT2D eigenvalue weighted by Gasteiger charge is -2.37. The second kappa shape index (κ2) is 8.06. The van der Waals surface area contributed by atoms with Crippen LogP contribution in [0, 0.1) is 0 Å². The molecule has 0 spiro atoms. The third kappa shape index (κ3) is 4.24. The Hall–Kier alpha value is -2.54. The van der Waals surface area contributed by atoms with Crippen molar-refractivity contribution in [2.24, 2.45) is 0 Å². The molecule has 0 unspecified atom stereocenters. The van der Waals surface area contributed by atoms with E-state index in [1.165, 1.54) is 0 Å². The van der Waals surface area contributed by atoms with E-state index in [9.17, 15) is 13.2 Å². The highest BCUT2D eigenvalue weighted by Crippen LogP contribution is 2.33. The summed E-state index contributed by atoms with van der Waals surface area (Å²) in [4.78, 5) is 15.7. The SMILES string of the molecule is CC(=O)N1CCN(c2ccc3c(c2)CCCN3S(=O)(=O)Cc2ccccc2)CC1. The van der Waals surface area contributed by atoms with Crippen LogP contribution < -0.4 is 9.21 Å². The highest BCUT2D eigenvalue weighted by molar-refractivity contribution is 7.92. The summed E-state index contributed by atoms with van der Waals surface area (Å²) in [6.45, 7) is 5.19. The van der Waals surface area contributed by atoms with Crippen LogP contribution in [0.4, 0.5) is 11.4 Å². The van der Waals surface area contributed by atoms with Gasteiger partial charge in [-0.1, -0.05) is 30.3 Å². The van der Waals surface area contributed by atoms with Gasteiger partial charge < -0.3 is 9.80 Å². The molecule has 2 aliphatic heterocycles. The number of hydrogen-bond acceptors (Lipinski definition) is 4. The Kier molecular flexibility index (Phi) is 5.50. The maximum Gasteiger partial charge on any atom is 0.239 e. The van der Waals surface area contributed by atoms with Gasteiger partial charge in [0.2, 0.25) is 15.9 Å². The van der Waals surface area contributed by atoms with Crippen LogP contribution in [-0.2, 0) is 27.0 Å². The lowest BCUT2D eigenvalue weighted by atomic mass is 10.0. The van der Waals surface area contributed by atoms with E-state index in [4.69, 9.17) is 0 Å². The van der Waals surface area contributed by atoms with Crippen LogP contribution in [0.1, 0.15) is 24.5 Å². The number of rotatable bonds is 4. The standard InChI is InChI=1S/C22H27N3O3S/c1-18(26)23-12-14-24(15-13-23)21-9-10-22-20(16-21)8-5-11-25(22)29(27,28)17-19-6-3-2-4-7-19/h2-4,6-7,9-10,16H,5,8,11-15,17H2,1H3. The number of amides is 1. The van der Waals surface area contributed by atoms with Gasteiger partial charge in [-0.2, -0.15) is 0 Å². The minimum atomic E-state index is -3.43. The molecule has 7 heteroatoms. The number of carbonyl (C=O) groups excluding carboxylic acids is 1. The topological polar surface area (TPSA) is 60.9 Å². The number of hydrogen-bond donors (Lipinski definition) is 0. The van der Waals surface area contributed by atoms with Crippen molar-refractivity contribution in [3.63, 3.8) is 0 Å². The average Bonchev–Trinajstić information content (AvgIpc) is 2.73. The number of aryl methyl sites for hydroxylation is 1. The van der Waals surface area contributed by atoms with E-state index in [1.807, 2.05) is 47.4 Å². The van der Waals surface area contributed by atoms with Gasteiger partial charge in [0, 0.05) is 45.3 Å². The van der Waals surface area contributed by atoms with Gasteiger partial charge in [0.25, 0.3) is 0 Å². The molecule has 1 saturated heterocycles. The van der Waals surface area contributed by atoms with Gasteiger partial charge >= 0.3 is 0 Å². The summed E-state index contributed by atoms with van der Waals surface area (Å²) in [5.41, 5.74) is 3.80. The van der Waals surface area contributed by atoms with Gasteiger partial charge in [-0.15, -0.1) is 0 Å². The molecule has 2 aliphatic rings. The molecule has 2 aromatic carbocycles. The molecule has 0 aliphatic carbocycles. The Morgan fingerprint density at radius 1 is 0.966 bits per heavy atom. The van der Waals surface area contributed by atoms with Gasteiger partial charge in [0.1, 0.15) is 0 Å². The first-order chi connectivity index (χ1) is 13.9. The number of fused-ring (bicyclic) bond motifs is 1. The highest BCUT2D eigenvalue weighted by atomic mass is 32.2. The van der Waals surface area contributed by atoms with Crippen LogP contribution in [0.5, 0.6) is 0 Å². The van der Waals surface area contributed by atoms with Crippen molar-refractivity contribution < 1.29 is 13.2 Å². The summed E-state index contributed by atoms with van der Waals surface area (Å²) < 4.78 is 27.7. The molecule has 0 aromatic heterocycles. The maximum atomic E-state index is 13.1. The Morgan fingerprint density at radius 3 is 2.38 bits per heavy atom. The van der Waals surface area contributed by atoms with E-state index in [2.05, 4.69) is 11.0 Å². The third-order valence-corrected chi connectivity index (χ3v) is 7.51. The first-order valence-electron chi connectivity index (χ1n) is 10.1. The molecule has 29 heavy (non-hydrogen) atoms. The molecular weight excluding hydrogens is 386 g/mol. The molecule has 0 bridgehead atoms. The summed E-state index contributed by atoms with van der Waals surface area (Å²) in [5.74, 6) is 0.136. The van der Waals surface area contributed by atoms with Crippen LogP contribution in [-0.4, -0.2) is 51.9 Å². The zero-order chi connectivity index (χ0) is 20.4. The lowest BCUT2D eigenvalue weighted by Crippen LogP contribution is -2.48. The quantitative estimate of drug-likeness (QED) is 0.773. The fraction of sp³-hybridized carbons (Fsp3) is 0.409. The Bertz CT molecular complexity index is 984. The molecule has 6 nitrogen and oxygen atoms in total. The number of nitrogens with zero attached hydrogens (tertiary/aromatic N) is 3. The molecule has 0 saturated carbocycles. The molecule has 1 fully saturated rings. The van der Waals surface area contributed by atoms with E-state index < -0.39 is 10.0 Å². The van der Waals surface area contributed by atoms with Crippen LogP contribution >= 0.6 is 0 Å². The largest absolute Gasteiger partial charge is 0.368 e. The minimum Gasteiger partial charge on any atom is -0.368 e. The van der Waals surface area contributed by atoms with Crippen LogP contribution in [0.15, 0.2) is 48.5 Å². The van der Waals surface area contributed by atoms with E-state index in [0.717, 1.165) is 61.5 Å². The fourth-order valence-corrected chi connectivity index (χ4v) is 5.83. The van der Waals surface area contributed by atoms with E-state index in [0.29, 0.717) is 6.54 Å². The molecule has 0 radical (unpaired) electrons. The fourth-order valence-electron chi connectivity index (χ4n) is 4.18. The van der Waals surface area contributed by atoms with E-state index in [1.54, 1.807) is 11.2 Å². The Balaban J connectivity index is 1.54. The third-order valence-electron chi connectivity index (χ3n) is 5.76. The Morgan fingerprint density at radius 2 is 1.69 bits per heavy atom. The predicted molar refractivity (Wildman–Crippen MR) is 116 cm³/mol. The Labute approximate surface area is 172 Å². The normalized spacial score (nSPS) is 17.2. The highest BCUT2D eigenvalue weighted by Gasteiger charge is 2.28. The first kappa shape index (κ1) is 19.8. The summed E-state index contributed by atoms with van der Waals surface area (Å²) in [6.07, 6.45) is 1.70. The number of anilines is 2. The van der Waals surface area contributed by atoms with Crippen LogP contribution in [0.3, 0.4) is 0 Å². The molecule has 2 heterocycles. The summed E-state index contributed by atoms with van der Waals surface area (Å²) in [7, 11) is -3.43. The van der Waals surface area contributed by atoms with Gasteiger partial charge in [0.15, 0.2) is 0 Å². The maximum absolute atomic E-state index is 13.1. The van der Waals surface area contributed by atoms with Crippen molar-refractivity contribution in [2.75, 3.05) is 41.9 Å². The molecule has 2 aromatic rings. The smallest absolute Gasteiger partial charge is 0.239 e. The van der Waals surface area contributed by atoms with Crippen molar-refractivity contribution in [1.82, 2.24) is 4.90 Å². The van der Waals surface area contributed by atoms with E-state index >= 15 is 0 Å². The first-order valence-corrected chi connectivity index (χ1v) is 11.7. The van der Waals surface area contributed by atoms with Gasteiger partial charge in [0.05, 0.1) is 11.4 Å². The summed E-state index contributed by atoms with van der Waals surface area (Å²) in [5, 5.41) is 0. The van der Waals surface area contributed by atoms with Crippen molar-refractivity contribution in [1.29, 1.82) is 0 Å². The number of piperazine rings is 1. The number of carbonyl (C=O) groups is 1. The molecule has 4 rings (SSSR count). The van der Waals surface area contributed by atoms with Crippen molar-refractivity contribution >= 4 is 27.3 Å². The zero-order valence-electron chi connectivity index (χ0n) is 16.8. The molecular formula is C22H27N3O3S. The second-order valence-electron chi connectivity index (χ2n) is 7.72. The van der Waals surface area contributed by atoms with Gasteiger partial charge in [-0.05, 0) is 42.2 Å². The minimum absolute atomic E-state index is 0.0159. The average molecular weight is 414 g/mol. The van der Waals surface area contributed by atoms with Gasteiger partial charge in [-0.25, -0.2) is 8.42 Å². The molecule has 1 amide bonds. The van der Waals surface area contributed by atoms with Crippen molar-refractivity contribution in [2.45, 2.75) is 25.5 Å². The summed E-state index contributed by atoms with van der Waals surface area (Å²) in [6, 6.07) is 15.4. The van der Waals surface area contributed by atoms with Crippen molar-refractivity contribution in [3.8, 4) is 0 Å². The van der Waals surface area contributed by atoms with Crippen LogP contribution in [0.2, 0.25) is 0 Å². The predicted octanol–water partition coefficient (Wildman–Crippen LogP) is 2.64. The summed E-state index contributed by atoms with van der Waals surface area (Å²) >= 11 is 0. The molecule has 154 valence electrons. The van der Waals surface area contributed by atoms with Crippen LogP contribution in [0.25, 0.3) is 0 Å². The zero-order valence-corrected chi connectivity index (χ0v) is 17.6. The second-order valence-corrected chi connectivity index (χ2v) is 9.62. The van der Waals surface area contributed by atoms with Crippen molar-refractivity contribution in [3.05, 3.63) is 59.7 Å². The monoisotopic (exact) mass is 413 g/mol. The van der Waals surface area contributed by atoms with Gasteiger partial charge in [-0.3, -0.25) is 9.10 Å². The lowest BCUT2D eigenvalue weighted by molar-refractivity contribution is -0.129. The molecule has 0 N–H and O–H groups in total. The number of benzene rings is 2. The van der Waals surface area contributed by atoms with E-state index in [-0.39, 0.29) is 11.7 Å². The molecule has 0 atom stereocenters.